The number of rotatable bonds is 4. The highest BCUT2D eigenvalue weighted by molar-refractivity contribution is 6.09. The molecule has 0 saturated carbocycles. The van der Waals surface area contributed by atoms with Crippen molar-refractivity contribution in [3.05, 3.63) is 29.8 Å². The van der Waals surface area contributed by atoms with E-state index in [-0.39, 0.29) is 36.0 Å². The zero-order chi connectivity index (χ0) is 18.6. The van der Waals surface area contributed by atoms with Gasteiger partial charge in [-0.05, 0) is 45.7 Å². The topological polar surface area (TPSA) is 83.9 Å². The highest BCUT2D eigenvalue weighted by atomic mass is 16.6. The molecular formula is C19H25NO5. The number of hydrogen-bond acceptors (Lipinski definition) is 5. The third-order valence-electron chi connectivity index (χ3n) is 4.07. The van der Waals surface area contributed by atoms with Crippen LogP contribution in [0.4, 0.5) is 4.79 Å². The monoisotopic (exact) mass is 347 g/mol. The number of Topliss-reactive ketones (excluding diaryl/α,β-unsaturated/α-hetero) is 2. The molecule has 136 valence electrons. The van der Waals surface area contributed by atoms with Crippen molar-refractivity contribution in [3.8, 4) is 5.75 Å². The van der Waals surface area contributed by atoms with Gasteiger partial charge >= 0.3 is 6.09 Å². The molecule has 0 bridgehead atoms. The van der Waals surface area contributed by atoms with E-state index in [2.05, 4.69) is 0 Å². The van der Waals surface area contributed by atoms with Crippen LogP contribution in [0, 0.1) is 5.92 Å². The summed E-state index contributed by atoms with van der Waals surface area (Å²) in [6, 6.07) is 6.18. The summed E-state index contributed by atoms with van der Waals surface area (Å²) >= 11 is 0. The van der Waals surface area contributed by atoms with Gasteiger partial charge in [0.15, 0.2) is 5.78 Å². The van der Waals surface area contributed by atoms with E-state index in [0.29, 0.717) is 19.4 Å². The third kappa shape index (κ3) is 5.31. The molecule has 2 rings (SSSR count). The summed E-state index contributed by atoms with van der Waals surface area (Å²) in [4.78, 5) is 38.4. The molecule has 1 aliphatic rings. The summed E-state index contributed by atoms with van der Waals surface area (Å²) in [5, 5.41) is 9.73. The summed E-state index contributed by atoms with van der Waals surface area (Å²) in [5.74, 6) is -1.12. The number of likely N-dealkylation sites (tertiary alicyclic amines) is 1. The van der Waals surface area contributed by atoms with Gasteiger partial charge in [0.05, 0.1) is 12.0 Å². The number of carbonyl (C=O) groups excluding carboxylic acids is 3. The van der Waals surface area contributed by atoms with Crippen molar-refractivity contribution in [1.29, 1.82) is 0 Å². The zero-order valence-electron chi connectivity index (χ0n) is 14.9. The molecular weight excluding hydrogens is 322 g/mol. The molecule has 0 radical (unpaired) electrons. The van der Waals surface area contributed by atoms with E-state index < -0.39 is 17.5 Å². The van der Waals surface area contributed by atoms with E-state index >= 15 is 0 Å². The summed E-state index contributed by atoms with van der Waals surface area (Å²) in [7, 11) is 0. The second-order valence-corrected chi connectivity index (χ2v) is 7.35. The number of ether oxygens (including phenoxy) is 1. The standard InChI is InChI=1S/C19H25NO5/c1-19(2,3)25-18(24)20-10-6-7-13(12-20)16(22)11-17(23)14-8-4-5-9-15(14)21/h4-5,8-9,13,21H,6-7,10-12H2,1-3H3. The lowest BCUT2D eigenvalue weighted by molar-refractivity contribution is -0.123. The fourth-order valence-corrected chi connectivity index (χ4v) is 2.84. The number of carbonyl (C=O) groups is 3. The first kappa shape index (κ1) is 19.0. The smallest absolute Gasteiger partial charge is 0.410 e. The molecule has 1 heterocycles. The van der Waals surface area contributed by atoms with Crippen LogP contribution in [0.5, 0.6) is 5.75 Å². The molecule has 1 unspecified atom stereocenters. The molecule has 1 amide bonds. The van der Waals surface area contributed by atoms with Gasteiger partial charge in [-0.3, -0.25) is 9.59 Å². The third-order valence-corrected chi connectivity index (χ3v) is 4.07. The molecule has 0 aliphatic carbocycles. The fraction of sp³-hybridized carbons (Fsp3) is 0.526. The summed E-state index contributed by atoms with van der Waals surface area (Å²) < 4.78 is 5.35. The molecule has 1 N–H and O–H groups in total. The molecule has 0 spiro atoms. The first-order valence-electron chi connectivity index (χ1n) is 8.49. The Bertz CT molecular complexity index is 662. The van der Waals surface area contributed by atoms with Crippen LogP contribution < -0.4 is 0 Å². The maximum absolute atomic E-state index is 12.5. The molecule has 0 aromatic heterocycles. The van der Waals surface area contributed by atoms with Gasteiger partial charge in [0, 0.05) is 19.0 Å². The molecule has 1 aromatic rings. The Hall–Kier alpha value is -2.37. The number of phenols is 1. The minimum atomic E-state index is -0.588. The normalized spacial score (nSPS) is 17.9. The van der Waals surface area contributed by atoms with Crippen LogP contribution in [-0.4, -0.2) is 46.4 Å². The number of aromatic hydroxyl groups is 1. The summed E-state index contributed by atoms with van der Waals surface area (Å²) in [6.45, 7) is 6.20. The maximum atomic E-state index is 12.5. The second kappa shape index (κ2) is 7.68. The number of amides is 1. The van der Waals surface area contributed by atoms with E-state index in [9.17, 15) is 19.5 Å². The summed E-state index contributed by atoms with van der Waals surface area (Å²) in [5.41, 5.74) is -0.440. The largest absolute Gasteiger partial charge is 0.507 e. The lowest BCUT2D eigenvalue weighted by atomic mass is 9.90. The van der Waals surface area contributed by atoms with Gasteiger partial charge < -0.3 is 14.7 Å². The van der Waals surface area contributed by atoms with Crippen LogP contribution in [0.25, 0.3) is 0 Å². The Morgan fingerprint density at radius 2 is 1.92 bits per heavy atom. The SMILES string of the molecule is CC(C)(C)OC(=O)N1CCCC(C(=O)CC(=O)c2ccccc2O)C1. The van der Waals surface area contributed by atoms with Crippen molar-refractivity contribution in [2.45, 2.75) is 45.6 Å². The predicted molar refractivity (Wildman–Crippen MR) is 92.6 cm³/mol. The van der Waals surface area contributed by atoms with E-state index in [4.69, 9.17) is 4.74 Å². The van der Waals surface area contributed by atoms with Gasteiger partial charge in [0.1, 0.15) is 17.1 Å². The number of ketones is 2. The van der Waals surface area contributed by atoms with Gasteiger partial charge in [-0.15, -0.1) is 0 Å². The van der Waals surface area contributed by atoms with Crippen LogP contribution in [0.1, 0.15) is 50.4 Å². The number of nitrogens with zero attached hydrogens (tertiary/aromatic N) is 1. The highest BCUT2D eigenvalue weighted by Gasteiger charge is 2.31. The fourth-order valence-electron chi connectivity index (χ4n) is 2.84. The molecule has 1 fully saturated rings. The van der Waals surface area contributed by atoms with Crippen molar-refractivity contribution < 1.29 is 24.2 Å². The van der Waals surface area contributed by atoms with Crippen molar-refractivity contribution in [3.63, 3.8) is 0 Å². The van der Waals surface area contributed by atoms with E-state index in [0.717, 1.165) is 0 Å². The van der Waals surface area contributed by atoms with Gasteiger partial charge in [-0.1, -0.05) is 12.1 Å². The Balaban J connectivity index is 1.96. The van der Waals surface area contributed by atoms with Crippen LogP contribution in [0.3, 0.4) is 0 Å². The number of phenolic OH excluding ortho intramolecular Hbond substituents is 1. The van der Waals surface area contributed by atoms with Gasteiger partial charge in [0.2, 0.25) is 0 Å². The minimum absolute atomic E-state index is 0.126. The molecule has 1 aromatic carbocycles. The number of piperidine rings is 1. The second-order valence-electron chi connectivity index (χ2n) is 7.35. The zero-order valence-corrected chi connectivity index (χ0v) is 14.9. The molecule has 6 heteroatoms. The van der Waals surface area contributed by atoms with Crippen molar-refractivity contribution in [2.24, 2.45) is 5.92 Å². The van der Waals surface area contributed by atoms with Gasteiger partial charge in [-0.25, -0.2) is 4.79 Å². The number of benzene rings is 1. The maximum Gasteiger partial charge on any atom is 0.410 e. The highest BCUT2D eigenvalue weighted by Crippen LogP contribution is 2.23. The first-order valence-corrected chi connectivity index (χ1v) is 8.49. The lowest BCUT2D eigenvalue weighted by Gasteiger charge is -2.33. The van der Waals surface area contributed by atoms with Crippen molar-refractivity contribution in [1.82, 2.24) is 4.90 Å². The van der Waals surface area contributed by atoms with Crippen molar-refractivity contribution >= 4 is 17.7 Å². The Labute approximate surface area is 147 Å². The van der Waals surface area contributed by atoms with Gasteiger partial charge in [0.25, 0.3) is 0 Å². The van der Waals surface area contributed by atoms with Crippen LogP contribution in [0.15, 0.2) is 24.3 Å². The molecule has 1 atom stereocenters. The number of para-hydroxylation sites is 1. The Morgan fingerprint density at radius 1 is 1.24 bits per heavy atom. The van der Waals surface area contributed by atoms with E-state index in [1.54, 1.807) is 32.9 Å². The first-order chi connectivity index (χ1) is 11.7. The average Bonchev–Trinajstić information content (AvgIpc) is 2.53. The molecule has 6 nitrogen and oxygen atoms in total. The van der Waals surface area contributed by atoms with Crippen LogP contribution >= 0.6 is 0 Å². The molecule has 1 saturated heterocycles. The van der Waals surface area contributed by atoms with E-state index in [1.165, 1.54) is 17.0 Å². The Morgan fingerprint density at radius 3 is 2.56 bits per heavy atom. The quantitative estimate of drug-likeness (QED) is 0.668. The number of hydrogen-bond donors (Lipinski definition) is 1. The van der Waals surface area contributed by atoms with Crippen molar-refractivity contribution in [2.75, 3.05) is 13.1 Å². The lowest BCUT2D eigenvalue weighted by Crippen LogP contribution is -2.44. The summed E-state index contributed by atoms with van der Waals surface area (Å²) in [6.07, 6.45) is 0.633. The van der Waals surface area contributed by atoms with Crippen LogP contribution in [0.2, 0.25) is 0 Å². The van der Waals surface area contributed by atoms with Gasteiger partial charge in [-0.2, -0.15) is 0 Å². The molecule has 1 aliphatic heterocycles. The van der Waals surface area contributed by atoms with Crippen LogP contribution in [-0.2, 0) is 9.53 Å². The minimum Gasteiger partial charge on any atom is -0.507 e. The molecule has 25 heavy (non-hydrogen) atoms. The Kier molecular flexibility index (Phi) is 5.82. The average molecular weight is 347 g/mol. The predicted octanol–water partition coefficient (Wildman–Crippen LogP) is 3.18. The van der Waals surface area contributed by atoms with E-state index in [1.807, 2.05) is 0 Å².